The summed E-state index contributed by atoms with van der Waals surface area (Å²) >= 11 is 0. The molecule has 1 heterocycles. The van der Waals surface area contributed by atoms with E-state index in [0.29, 0.717) is 0 Å². The van der Waals surface area contributed by atoms with Crippen LogP contribution in [0, 0.1) is 0 Å². The third-order valence-electron chi connectivity index (χ3n) is 2.89. The first-order valence-corrected chi connectivity index (χ1v) is 6.01. The molecule has 0 saturated heterocycles. The molecular weight excluding hydrogens is 214 g/mol. The minimum absolute atomic E-state index is 0.971. The van der Waals surface area contributed by atoms with Gasteiger partial charge in [-0.2, -0.15) is 0 Å². The zero-order chi connectivity index (χ0) is 12.7. The van der Waals surface area contributed by atoms with Crippen LogP contribution >= 0.6 is 0 Å². The van der Waals surface area contributed by atoms with Crippen molar-refractivity contribution in [2.45, 2.75) is 19.3 Å². The van der Waals surface area contributed by atoms with Gasteiger partial charge >= 0.3 is 0 Å². The van der Waals surface area contributed by atoms with Crippen LogP contribution in [-0.2, 0) is 11.2 Å². The molecule has 0 bridgehead atoms. The SMILES string of the molecule is COC.COc1ccc2c(c1)CCCCN2C. The first kappa shape index (κ1) is 13.8. The minimum atomic E-state index is 0.971. The molecule has 0 fully saturated rings. The van der Waals surface area contributed by atoms with Gasteiger partial charge in [0, 0.05) is 33.5 Å². The van der Waals surface area contributed by atoms with E-state index in [0.717, 1.165) is 5.75 Å². The molecule has 0 spiro atoms. The molecule has 0 aliphatic carbocycles. The van der Waals surface area contributed by atoms with Gasteiger partial charge in [0.1, 0.15) is 5.75 Å². The highest BCUT2D eigenvalue weighted by Gasteiger charge is 2.12. The van der Waals surface area contributed by atoms with E-state index < -0.39 is 0 Å². The molecular formula is C14H23NO2. The maximum Gasteiger partial charge on any atom is 0.119 e. The van der Waals surface area contributed by atoms with Gasteiger partial charge in [0.05, 0.1) is 7.11 Å². The monoisotopic (exact) mass is 237 g/mol. The van der Waals surface area contributed by atoms with E-state index in [2.05, 4.69) is 28.8 Å². The second kappa shape index (κ2) is 7.17. The second-order valence-electron chi connectivity index (χ2n) is 4.28. The molecule has 0 radical (unpaired) electrons. The average Bonchev–Trinajstić information content (AvgIpc) is 2.52. The van der Waals surface area contributed by atoms with Crippen LogP contribution in [0.5, 0.6) is 5.75 Å². The van der Waals surface area contributed by atoms with Gasteiger partial charge in [0.2, 0.25) is 0 Å². The van der Waals surface area contributed by atoms with Crippen molar-refractivity contribution in [3.05, 3.63) is 23.8 Å². The van der Waals surface area contributed by atoms with Gasteiger partial charge in [-0.15, -0.1) is 0 Å². The minimum Gasteiger partial charge on any atom is -0.497 e. The summed E-state index contributed by atoms with van der Waals surface area (Å²) in [5, 5.41) is 0. The van der Waals surface area contributed by atoms with Gasteiger partial charge in [0.15, 0.2) is 0 Å². The van der Waals surface area contributed by atoms with E-state index in [-0.39, 0.29) is 0 Å². The topological polar surface area (TPSA) is 21.7 Å². The van der Waals surface area contributed by atoms with Crippen LogP contribution in [0.15, 0.2) is 18.2 Å². The van der Waals surface area contributed by atoms with Gasteiger partial charge < -0.3 is 14.4 Å². The Kier molecular flexibility index (Phi) is 5.84. The fourth-order valence-electron chi connectivity index (χ4n) is 2.05. The van der Waals surface area contributed by atoms with Gasteiger partial charge in [-0.1, -0.05) is 0 Å². The summed E-state index contributed by atoms with van der Waals surface area (Å²) in [5.74, 6) is 0.971. The largest absolute Gasteiger partial charge is 0.497 e. The van der Waals surface area contributed by atoms with E-state index >= 15 is 0 Å². The van der Waals surface area contributed by atoms with Crippen LogP contribution in [0.2, 0.25) is 0 Å². The van der Waals surface area contributed by atoms with Crippen molar-refractivity contribution in [2.24, 2.45) is 0 Å². The number of hydrogen-bond donors (Lipinski definition) is 0. The Labute approximate surface area is 104 Å². The summed E-state index contributed by atoms with van der Waals surface area (Å²) in [5.41, 5.74) is 2.78. The Morgan fingerprint density at radius 1 is 1.12 bits per heavy atom. The summed E-state index contributed by atoms with van der Waals surface area (Å²) in [4.78, 5) is 2.34. The third kappa shape index (κ3) is 3.93. The lowest BCUT2D eigenvalue weighted by Gasteiger charge is -2.19. The predicted molar refractivity (Wildman–Crippen MR) is 72.1 cm³/mol. The second-order valence-corrected chi connectivity index (χ2v) is 4.28. The van der Waals surface area contributed by atoms with Gasteiger partial charge in [0.25, 0.3) is 0 Å². The fourth-order valence-corrected chi connectivity index (χ4v) is 2.05. The Morgan fingerprint density at radius 2 is 1.82 bits per heavy atom. The van der Waals surface area contributed by atoms with Crippen LogP contribution in [-0.4, -0.2) is 34.9 Å². The first-order chi connectivity index (χ1) is 8.22. The van der Waals surface area contributed by atoms with Crippen LogP contribution < -0.4 is 9.64 Å². The molecule has 1 aromatic carbocycles. The molecule has 0 saturated carbocycles. The first-order valence-electron chi connectivity index (χ1n) is 6.01. The maximum absolute atomic E-state index is 5.24. The Bertz CT molecular complexity index is 339. The van der Waals surface area contributed by atoms with Crippen LogP contribution in [0.1, 0.15) is 18.4 Å². The summed E-state index contributed by atoms with van der Waals surface area (Å²) in [7, 11) is 7.14. The van der Waals surface area contributed by atoms with E-state index in [4.69, 9.17) is 4.74 Å². The molecule has 0 N–H and O–H groups in total. The molecule has 0 amide bonds. The molecule has 1 aliphatic heterocycles. The smallest absolute Gasteiger partial charge is 0.119 e. The number of hydrogen-bond acceptors (Lipinski definition) is 3. The number of ether oxygens (including phenoxy) is 2. The summed E-state index contributed by atoms with van der Waals surface area (Å²) < 4.78 is 9.49. The number of fused-ring (bicyclic) bond motifs is 1. The zero-order valence-corrected chi connectivity index (χ0v) is 11.3. The van der Waals surface area contributed by atoms with Crippen LogP contribution in [0.3, 0.4) is 0 Å². The maximum atomic E-state index is 5.24. The Balaban J connectivity index is 0.000000437. The van der Waals surface area contributed by atoms with Crippen molar-refractivity contribution in [1.82, 2.24) is 0 Å². The molecule has 96 valence electrons. The highest BCUT2D eigenvalue weighted by molar-refractivity contribution is 5.56. The van der Waals surface area contributed by atoms with Gasteiger partial charge in [-0.25, -0.2) is 0 Å². The number of aryl methyl sites for hydroxylation is 1. The van der Waals surface area contributed by atoms with Crippen molar-refractivity contribution in [2.75, 3.05) is 39.8 Å². The molecule has 1 aliphatic rings. The molecule has 1 aromatic rings. The van der Waals surface area contributed by atoms with Gasteiger partial charge in [-0.3, -0.25) is 0 Å². The number of methoxy groups -OCH3 is 2. The van der Waals surface area contributed by atoms with Crippen molar-refractivity contribution < 1.29 is 9.47 Å². The lowest BCUT2D eigenvalue weighted by Crippen LogP contribution is -2.17. The lowest BCUT2D eigenvalue weighted by molar-refractivity contribution is 0.277. The fraction of sp³-hybridized carbons (Fsp3) is 0.571. The standard InChI is InChI=1S/C12H17NO.C2H6O/c1-13-8-4-3-5-10-9-11(14-2)6-7-12(10)13;1-3-2/h6-7,9H,3-5,8H2,1-2H3;1-2H3. The molecule has 3 heteroatoms. The quantitative estimate of drug-likeness (QED) is 0.749. The average molecular weight is 237 g/mol. The van der Waals surface area contributed by atoms with Crippen LogP contribution in [0.25, 0.3) is 0 Å². The summed E-state index contributed by atoms with van der Waals surface area (Å²) in [6.07, 6.45) is 3.74. The van der Waals surface area contributed by atoms with Crippen molar-refractivity contribution in [3.63, 3.8) is 0 Å². The summed E-state index contributed by atoms with van der Waals surface area (Å²) in [6, 6.07) is 6.37. The molecule has 0 aromatic heterocycles. The van der Waals surface area contributed by atoms with Gasteiger partial charge in [-0.05, 0) is 43.0 Å². The van der Waals surface area contributed by atoms with E-state index in [1.165, 1.54) is 37.1 Å². The van der Waals surface area contributed by atoms with Crippen molar-refractivity contribution in [3.8, 4) is 5.75 Å². The molecule has 3 nitrogen and oxygen atoms in total. The molecule has 0 atom stereocenters. The van der Waals surface area contributed by atoms with E-state index in [1.807, 2.05) is 6.07 Å². The number of nitrogens with zero attached hydrogens (tertiary/aromatic N) is 1. The lowest BCUT2D eigenvalue weighted by atomic mass is 10.1. The molecule has 2 rings (SSSR count). The van der Waals surface area contributed by atoms with E-state index in [1.54, 1.807) is 21.3 Å². The highest BCUT2D eigenvalue weighted by Crippen LogP contribution is 2.28. The zero-order valence-electron chi connectivity index (χ0n) is 11.3. The van der Waals surface area contributed by atoms with Crippen molar-refractivity contribution in [1.29, 1.82) is 0 Å². The van der Waals surface area contributed by atoms with E-state index in [9.17, 15) is 0 Å². The van der Waals surface area contributed by atoms with Crippen LogP contribution in [0.4, 0.5) is 5.69 Å². The predicted octanol–water partition coefficient (Wildman–Crippen LogP) is 2.73. The Morgan fingerprint density at radius 3 is 2.47 bits per heavy atom. The van der Waals surface area contributed by atoms with Crippen molar-refractivity contribution >= 4 is 5.69 Å². The Hall–Kier alpha value is -1.22. The number of rotatable bonds is 1. The number of anilines is 1. The third-order valence-corrected chi connectivity index (χ3v) is 2.89. The summed E-state index contributed by atoms with van der Waals surface area (Å²) in [6.45, 7) is 1.17. The molecule has 17 heavy (non-hydrogen) atoms. The normalized spacial score (nSPS) is 14.2. The highest BCUT2D eigenvalue weighted by atomic mass is 16.5. The molecule has 0 unspecified atom stereocenters. The number of benzene rings is 1.